The van der Waals surface area contributed by atoms with E-state index < -0.39 is 65.3 Å². The van der Waals surface area contributed by atoms with E-state index in [0.29, 0.717) is 45.8 Å². The van der Waals surface area contributed by atoms with Crippen LogP contribution in [0.1, 0.15) is 230 Å². The van der Waals surface area contributed by atoms with Crippen LogP contribution in [0, 0.1) is 45.4 Å². The molecule has 0 fully saturated rings. The maximum absolute atomic E-state index is 16.7. The minimum atomic E-state index is -1.44. The molecule has 9 aromatic rings. The molecule has 2 unspecified atom stereocenters. The molecule has 18 heteroatoms. The Hall–Kier alpha value is -11.7. The Labute approximate surface area is 667 Å². The molecule has 13 rings (SSSR count). The molecule has 114 heavy (non-hydrogen) atoms. The summed E-state index contributed by atoms with van der Waals surface area (Å²) in [6, 6.07) is 27.3. The fourth-order valence-electron chi connectivity index (χ4n) is 15.6. The number of carbonyl (C=O) groups is 8. The molecule has 0 spiro atoms. The SMILES string of the molecule is C=C(C)C(=O)NC1=CCC(NC(=O)C(C(C)C)N2C(=O)c3cc(Oc4ccc(C(C)(C)C)cc4C)c4c5c(Oc6ccc(C(C)(C)C)cc6C)cc6c7c(cc(Oc8ccc(C(C)(C)C)cc8C)c(c8c(Oc9ccc(C(C)(C)C)cc9C)cc(c3c48)C2=O)c75)C(=O)N(C(C(=O)NC2=CC(NC(=O)C(C)C)=CC2)C(C)C)C6=O)=C1. The van der Waals surface area contributed by atoms with Gasteiger partial charge in [-0.2, -0.15) is 0 Å². The van der Waals surface area contributed by atoms with E-state index in [1.165, 1.54) is 0 Å². The van der Waals surface area contributed by atoms with Crippen molar-refractivity contribution in [1.29, 1.82) is 0 Å². The van der Waals surface area contributed by atoms with Gasteiger partial charge in [-0.15, -0.1) is 0 Å². The lowest BCUT2D eigenvalue weighted by atomic mass is 9.80. The number of rotatable bonds is 20. The van der Waals surface area contributed by atoms with Crippen molar-refractivity contribution >= 4 is 90.3 Å². The van der Waals surface area contributed by atoms with E-state index in [-0.39, 0.29) is 140 Å². The number of aryl methyl sites for hydroxylation is 4. The number of benzene rings is 9. The van der Waals surface area contributed by atoms with Crippen LogP contribution in [0.2, 0.25) is 0 Å². The molecule has 590 valence electrons. The Morgan fingerprint density at radius 2 is 0.640 bits per heavy atom. The summed E-state index contributed by atoms with van der Waals surface area (Å²) in [4.78, 5) is 125. The van der Waals surface area contributed by atoms with Gasteiger partial charge in [-0.25, -0.2) is 0 Å². The maximum Gasteiger partial charge on any atom is 0.262 e. The number of imide groups is 2. The number of hydrogen-bond acceptors (Lipinski definition) is 12. The van der Waals surface area contributed by atoms with Gasteiger partial charge < -0.3 is 40.2 Å². The Bertz CT molecular complexity index is 5320. The summed E-state index contributed by atoms with van der Waals surface area (Å²) in [5, 5.41) is 13.8. The Kier molecular flexibility index (Phi) is 20.7. The highest BCUT2D eigenvalue weighted by Gasteiger charge is 2.48. The number of amides is 8. The molecule has 0 saturated carbocycles. The van der Waals surface area contributed by atoms with Crippen LogP contribution in [0.5, 0.6) is 46.0 Å². The third kappa shape index (κ3) is 14.8. The molecule has 0 radical (unpaired) electrons. The van der Waals surface area contributed by atoms with Crippen molar-refractivity contribution < 1.29 is 57.3 Å². The molecule has 0 bridgehead atoms. The van der Waals surface area contributed by atoms with Gasteiger partial charge in [0.15, 0.2) is 0 Å². The largest absolute Gasteiger partial charge is 0.456 e. The second-order valence-electron chi connectivity index (χ2n) is 36.3. The van der Waals surface area contributed by atoms with Gasteiger partial charge in [0.25, 0.3) is 29.5 Å². The van der Waals surface area contributed by atoms with Crippen molar-refractivity contribution in [2.45, 2.75) is 206 Å². The summed E-state index contributed by atoms with van der Waals surface area (Å²) in [5.74, 6) is -4.92. The highest BCUT2D eigenvalue weighted by molar-refractivity contribution is 6.45. The summed E-state index contributed by atoms with van der Waals surface area (Å²) in [7, 11) is 0. The first-order valence-corrected chi connectivity index (χ1v) is 39.3. The summed E-state index contributed by atoms with van der Waals surface area (Å²) >= 11 is 0. The van der Waals surface area contributed by atoms with Gasteiger partial charge in [-0.05, 0) is 173 Å². The maximum atomic E-state index is 16.7. The predicted molar refractivity (Wildman–Crippen MR) is 450 cm³/mol. The third-order valence-electron chi connectivity index (χ3n) is 22.1. The van der Waals surface area contributed by atoms with Crippen LogP contribution < -0.4 is 40.2 Å². The lowest BCUT2D eigenvalue weighted by Crippen LogP contribution is -2.55. The van der Waals surface area contributed by atoms with Gasteiger partial charge in [0.1, 0.15) is 58.1 Å². The van der Waals surface area contributed by atoms with Gasteiger partial charge in [-0.1, -0.05) is 192 Å². The van der Waals surface area contributed by atoms with Crippen molar-refractivity contribution in [3.63, 3.8) is 0 Å². The zero-order valence-electron chi connectivity index (χ0n) is 69.8. The number of nitrogens with zero attached hydrogens (tertiary/aromatic N) is 2. The average molecular weight is 1530 g/mol. The summed E-state index contributed by atoms with van der Waals surface area (Å²) in [5.41, 5.74) is 7.90. The lowest BCUT2D eigenvalue weighted by molar-refractivity contribution is -0.126. The summed E-state index contributed by atoms with van der Waals surface area (Å²) < 4.78 is 30.2. The fourth-order valence-corrected chi connectivity index (χ4v) is 15.6. The van der Waals surface area contributed by atoms with Crippen molar-refractivity contribution in [2.24, 2.45) is 17.8 Å². The highest BCUT2D eigenvalue weighted by Crippen LogP contribution is 2.59. The van der Waals surface area contributed by atoms with E-state index >= 15 is 28.8 Å². The van der Waals surface area contributed by atoms with Crippen LogP contribution >= 0.6 is 0 Å². The van der Waals surface area contributed by atoms with Gasteiger partial charge in [0.05, 0.1) is 22.3 Å². The zero-order valence-corrected chi connectivity index (χ0v) is 69.8. The Morgan fingerprint density at radius 3 is 0.877 bits per heavy atom. The number of fused-ring (bicyclic) bond motifs is 2. The molecule has 2 heterocycles. The van der Waals surface area contributed by atoms with Gasteiger partial charge in [-0.3, -0.25) is 48.2 Å². The summed E-state index contributed by atoms with van der Waals surface area (Å²) in [6.45, 7) is 49.2. The molecule has 8 amide bonds. The molecular weight excluding hydrogens is 1430 g/mol. The molecule has 4 N–H and O–H groups in total. The van der Waals surface area contributed by atoms with Gasteiger partial charge in [0, 0.05) is 90.2 Å². The van der Waals surface area contributed by atoms with Crippen LogP contribution in [0.25, 0.3) is 43.1 Å². The highest BCUT2D eigenvalue weighted by atomic mass is 16.5. The molecule has 0 saturated heterocycles. The fraction of sp³-hybridized carbons (Fsp3) is 0.354. The number of hydrogen-bond donors (Lipinski definition) is 4. The van der Waals surface area contributed by atoms with E-state index in [2.05, 4.69) is 135 Å². The first-order valence-electron chi connectivity index (χ1n) is 39.3. The number of nitrogens with one attached hydrogen (secondary N) is 4. The van der Waals surface area contributed by atoms with Crippen LogP contribution in [-0.2, 0) is 40.8 Å². The van der Waals surface area contributed by atoms with Crippen molar-refractivity contribution in [3.8, 4) is 46.0 Å². The second-order valence-corrected chi connectivity index (χ2v) is 36.3. The van der Waals surface area contributed by atoms with E-state index in [0.717, 1.165) is 54.3 Å². The van der Waals surface area contributed by atoms with E-state index in [9.17, 15) is 9.59 Å². The Morgan fingerprint density at radius 1 is 0.368 bits per heavy atom. The van der Waals surface area contributed by atoms with Crippen LogP contribution in [0.4, 0.5) is 0 Å². The summed E-state index contributed by atoms with van der Waals surface area (Å²) in [6.07, 6.45) is 7.30. The topological polar surface area (TPSA) is 228 Å². The van der Waals surface area contributed by atoms with E-state index in [4.69, 9.17) is 18.9 Å². The third-order valence-corrected chi connectivity index (χ3v) is 22.1. The lowest BCUT2D eigenvalue weighted by Gasteiger charge is -2.37. The first-order chi connectivity index (χ1) is 53.3. The van der Waals surface area contributed by atoms with Crippen molar-refractivity contribution in [1.82, 2.24) is 31.1 Å². The number of ether oxygens (including phenoxy) is 4. The quantitative estimate of drug-likeness (QED) is 0.0242. The monoisotopic (exact) mass is 1530 g/mol. The molecule has 9 aromatic carbocycles. The molecule has 18 nitrogen and oxygen atoms in total. The van der Waals surface area contributed by atoms with Gasteiger partial charge >= 0.3 is 0 Å². The molecule has 2 aliphatic heterocycles. The van der Waals surface area contributed by atoms with Crippen LogP contribution in [-0.4, -0.2) is 69.1 Å². The van der Waals surface area contributed by atoms with Crippen LogP contribution in [0.15, 0.2) is 156 Å². The first kappa shape index (κ1) is 80.4. The zero-order chi connectivity index (χ0) is 82.9. The standard InChI is InChI=1S/C96H104N6O12/c1-47(2)83(87(105)99-61-31-29-59(41-61)97-85(103)49(5)6)101-89(107)63-43-71(111-67-33-25-55(37-51(67)9)93(13,14)15)77-79-73(113-69-35-27-57(39-53(69)11)95(19,20)21)45-65-76-66(92(110)102(91(65)109)84(48(3)4)88(106)100-62-32-30-60(42-62)98-86(104)50(7)8)46-74(114-70-36-28-58(40-54(70)12)96(22,23)24)80(82(76)79)78-72(44-64(90(101)108)75(63)81(77)78)112-68-34-26-56(38-52(68)10)94(16,17)18/h25-30,33-48,50,83-84H,5,31-32H2,1-4,6-24H3,(H,97,103)(H,98,104)(H,99,105)(H,100,106). The molecule has 4 aliphatic rings. The van der Waals surface area contributed by atoms with E-state index in [1.54, 1.807) is 97.0 Å². The predicted octanol–water partition coefficient (Wildman–Crippen LogP) is 20.6. The number of allylic oxidation sites excluding steroid dienone is 4. The van der Waals surface area contributed by atoms with Gasteiger partial charge in [0.2, 0.25) is 17.7 Å². The van der Waals surface area contributed by atoms with E-state index in [1.807, 2.05) is 76.2 Å². The van der Waals surface area contributed by atoms with Crippen molar-refractivity contribution in [2.75, 3.05) is 0 Å². The minimum Gasteiger partial charge on any atom is -0.456 e. The molecule has 2 atom stereocenters. The minimum absolute atomic E-state index is 0.00286. The molecular formula is C96H104N6O12. The smallest absolute Gasteiger partial charge is 0.262 e. The molecule has 0 aromatic heterocycles. The second kappa shape index (κ2) is 29.4. The van der Waals surface area contributed by atoms with Crippen LogP contribution in [0.3, 0.4) is 0 Å². The molecule has 2 aliphatic carbocycles. The normalized spacial score (nSPS) is 15.1. The average Bonchev–Trinajstić information content (AvgIpc) is 0.717. The Balaban J connectivity index is 1.18. The van der Waals surface area contributed by atoms with Crippen molar-refractivity contribution in [3.05, 3.63) is 223 Å². The number of carbonyl (C=O) groups excluding carboxylic acids is 8.